The van der Waals surface area contributed by atoms with Crippen LogP contribution in [0.4, 0.5) is 0 Å². The Morgan fingerprint density at radius 2 is 1.12 bits per heavy atom. The van der Waals surface area contributed by atoms with Crippen LogP contribution in [0.25, 0.3) is 0 Å². The standard InChI is InChI=1S/C19H37NO5/c1-15(2)13-18(21)24-11-8-20(7-10-23-17(5)6)9-12-25-19(22)14-16(3)4/h15-17H,7-14H2,1-6H3. The first-order chi connectivity index (χ1) is 11.7. The highest BCUT2D eigenvalue weighted by Gasteiger charge is 2.11. The molecule has 6 nitrogen and oxygen atoms in total. The summed E-state index contributed by atoms with van der Waals surface area (Å²) in [7, 11) is 0. The van der Waals surface area contributed by atoms with Gasteiger partial charge in [-0.15, -0.1) is 0 Å². The fourth-order valence-corrected chi connectivity index (χ4v) is 2.11. The van der Waals surface area contributed by atoms with Crippen LogP contribution in [0, 0.1) is 11.8 Å². The van der Waals surface area contributed by atoms with Crippen LogP contribution in [-0.2, 0) is 23.8 Å². The molecular weight excluding hydrogens is 322 g/mol. The van der Waals surface area contributed by atoms with Gasteiger partial charge in [0.2, 0.25) is 0 Å². The summed E-state index contributed by atoms with van der Waals surface area (Å²) in [5.41, 5.74) is 0. The van der Waals surface area contributed by atoms with Gasteiger partial charge in [-0.2, -0.15) is 0 Å². The molecule has 0 amide bonds. The molecule has 0 fully saturated rings. The van der Waals surface area contributed by atoms with Crippen molar-refractivity contribution < 1.29 is 23.8 Å². The molecule has 0 heterocycles. The number of hydrogen-bond donors (Lipinski definition) is 0. The summed E-state index contributed by atoms with van der Waals surface area (Å²) in [5.74, 6) is 0.250. The molecule has 0 aliphatic heterocycles. The van der Waals surface area contributed by atoms with Crippen molar-refractivity contribution in [3.63, 3.8) is 0 Å². The summed E-state index contributed by atoms with van der Waals surface area (Å²) in [6.07, 6.45) is 1.04. The second-order valence-corrected chi connectivity index (χ2v) is 7.40. The van der Waals surface area contributed by atoms with Crippen molar-refractivity contribution in [3.05, 3.63) is 0 Å². The van der Waals surface area contributed by atoms with Crippen molar-refractivity contribution in [3.8, 4) is 0 Å². The molecule has 0 atom stereocenters. The van der Waals surface area contributed by atoms with Gasteiger partial charge in [0, 0.05) is 32.5 Å². The summed E-state index contributed by atoms with van der Waals surface area (Å²) in [6, 6.07) is 0. The van der Waals surface area contributed by atoms with Gasteiger partial charge in [-0.05, 0) is 25.7 Å². The molecule has 0 aliphatic rings. The van der Waals surface area contributed by atoms with Gasteiger partial charge in [0.25, 0.3) is 0 Å². The first kappa shape index (κ1) is 23.9. The van der Waals surface area contributed by atoms with Crippen molar-refractivity contribution in [1.82, 2.24) is 4.90 Å². The van der Waals surface area contributed by atoms with Crippen LogP contribution in [-0.4, -0.2) is 62.4 Å². The molecule has 0 N–H and O–H groups in total. The molecule has 0 saturated carbocycles. The largest absolute Gasteiger partial charge is 0.464 e. The van der Waals surface area contributed by atoms with E-state index in [9.17, 15) is 9.59 Å². The third-order valence-electron chi connectivity index (χ3n) is 3.35. The molecule has 25 heavy (non-hydrogen) atoms. The maximum atomic E-state index is 11.6. The molecule has 0 aromatic rings. The highest BCUT2D eigenvalue weighted by atomic mass is 16.5. The maximum Gasteiger partial charge on any atom is 0.306 e. The molecule has 148 valence electrons. The minimum atomic E-state index is -0.170. The van der Waals surface area contributed by atoms with Gasteiger partial charge >= 0.3 is 11.9 Å². The number of carbonyl (C=O) groups excluding carboxylic acids is 2. The van der Waals surface area contributed by atoms with Gasteiger partial charge in [-0.1, -0.05) is 27.7 Å². The van der Waals surface area contributed by atoms with E-state index in [4.69, 9.17) is 14.2 Å². The zero-order chi connectivity index (χ0) is 19.2. The van der Waals surface area contributed by atoms with E-state index in [0.717, 1.165) is 0 Å². The van der Waals surface area contributed by atoms with E-state index in [-0.39, 0.29) is 18.0 Å². The highest BCUT2D eigenvalue weighted by molar-refractivity contribution is 5.69. The lowest BCUT2D eigenvalue weighted by atomic mass is 10.1. The summed E-state index contributed by atoms with van der Waals surface area (Å²) in [4.78, 5) is 25.3. The van der Waals surface area contributed by atoms with E-state index in [1.807, 2.05) is 41.5 Å². The minimum Gasteiger partial charge on any atom is -0.464 e. The summed E-state index contributed by atoms with van der Waals surface area (Å²) >= 11 is 0. The number of nitrogens with zero attached hydrogens (tertiary/aromatic N) is 1. The first-order valence-corrected chi connectivity index (χ1v) is 9.35. The van der Waals surface area contributed by atoms with E-state index in [1.165, 1.54) is 0 Å². The van der Waals surface area contributed by atoms with Crippen molar-refractivity contribution in [2.75, 3.05) is 39.5 Å². The Hall–Kier alpha value is -1.14. The lowest BCUT2D eigenvalue weighted by Gasteiger charge is -2.22. The number of esters is 2. The van der Waals surface area contributed by atoms with Crippen LogP contribution in [0.3, 0.4) is 0 Å². The third-order valence-corrected chi connectivity index (χ3v) is 3.35. The number of hydrogen-bond acceptors (Lipinski definition) is 6. The average Bonchev–Trinajstić information content (AvgIpc) is 2.44. The van der Waals surface area contributed by atoms with Gasteiger partial charge < -0.3 is 14.2 Å². The molecule has 6 heteroatoms. The Kier molecular flexibility index (Phi) is 13.4. The monoisotopic (exact) mass is 359 g/mol. The molecule has 0 rings (SSSR count). The van der Waals surface area contributed by atoms with Gasteiger partial charge in [-0.3, -0.25) is 14.5 Å². The fourth-order valence-electron chi connectivity index (χ4n) is 2.11. The molecule has 0 radical (unpaired) electrons. The molecule has 0 aromatic heterocycles. The van der Waals surface area contributed by atoms with Crippen molar-refractivity contribution >= 4 is 11.9 Å². The first-order valence-electron chi connectivity index (χ1n) is 9.35. The zero-order valence-electron chi connectivity index (χ0n) is 16.9. The van der Waals surface area contributed by atoms with Crippen molar-refractivity contribution in [2.45, 2.75) is 60.5 Å². The minimum absolute atomic E-state index is 0.170. The van der Waals surface area contributed by atoms with Gasteiger partial charge in [0.1, 0.15) is 13.2 Å². The molecule has 0 bridgehead atoms. The summed E-state index contributed by atoms with van der Waals surface area (Å²) in [5, 5.41) is 0. The number of rotatable bonds is 14. The lowest BCUT2D eigenvalue weighted by molar-refractivity contribution is -0.145. The molecule has 0 saturated heterocycles. The predicted molar refractivity (Wildman–Crippen MR) is 98.4 cm³/mol. The Balaban J connectivity index is 4.17. The van der Waals surface area contributed by atoms with Crippen LogP contribution < -0.4 is 0 Å². The number of ether oxygens (including phenoxy) is 3. The second-order valence-electron chi connectivity index (χ2n) is 7.40. The zero-order valence-corrected chi connectivity index (χ0v) is 16.9. The smallest absolute Gasteiger partial charge is 0.306 e. The van der Waals surface area contributed by atoms with Gasteiger partial charge in [0.05, 0.1) is 12.7 Å². The maximum absolute atomic E-state index is 11.6. The van der Waals surface area contributed by atoms with Crippen LogP contribution in [0.5, 0.6) is 0 Å². The number of carbonyl (C=O) groups is 2. The fraction of sp³-hybridized carbons (Fsp3) is 0.895. The van der Waals surface area contributed by atoms with E-state index in [1.54, 1.807) is 0 Å². The van der Waals surface area contributed by atoms with E-state index in [2.05, 4.69) is 4.90 Å². The molecule has 0 aliphatic carbocycles. The molecule has 0 spiro atoms. The summed E-state index contributed by atoms with van der Waals surface area (Å²) in [6.45, 7) is 15.1. The average molecular weight is 360 g/mol. The van der Waals surface area contributed by atoms with Gasteiger partial charge in [0.15, 0.2) is 0 Å². The molecular formula is C19H37NO5. The SMILES string of the molecule is CC(C)CC(=O)OCCN(CCOC(=O)CC(C)C)CCOC(C)C. The highest BCUT2D eigenvalue weighted by Crippen LogP contribution is 2.03. The van der Waals surface area contributed by atoms with E-state index in [0.29, 0.717) is 64.1 Å². The van der Waals surface area contributed by atoms with Crippen LogP contribution in [0.1, 0.15) is 54.4 Å². The predicted octanol–water partition coefficient (Wildman–Crippen LogP) is 2.89. The Labute approximate surface area is 153 Å². The molecule has 0 unspecified atom stereocenters. The van der Waals surface area contributed by atoms with Crippen LogP contribution >= 0.6 is 0 Å². The second kappa shape index (κ2) is 14.1. The quantitative estimate of drug-likeness (QED) is 0.444. The Morgan fingerprint density at radius 3 is 1.48 bits per heavy atom. The van der Waals surface area contributed by atoms with Gasteiger partial charge in [-0.25, -0.2) is 0 Å². The van der Waals surface area contributed by atoms with E-state index < -0.39 is 0 Å². The van der Waals surface area contributed by atoms with Crippen LogP contribution in [0.15, 0.2) is 0 Å². The van der Waals surface area contributed by atoms with E-state index >= 15 is 0 Å². The van der Waals surface area contributed by atoms with Crippen molar-refractivity contribution in [1.29, 1.82) is 0 Å². The normalized spacial score (nSPS) is 11.6. The van der Waals surface area contributed by atoms with Crippen molar-refractivity contribution in [2.24, 2.45) is 11.8 Å². The Bertz CT molecular complexity index is 341. The lowest BCUT2D eigenvalue weighted by Crippen LogP contribution is -2.35. The molecule has 0 aromatic carbocycles. The third kappa shape index (κ3) is 16.1. The topological polar surface area (TPSA) is 65.1 Å². The Morgan fingerprint density at radius 1 is 0.720 bits per heavy atom. The summed E-state index contributed by atoms with van der Waals surface area (Å²) < 4.78 is 16.1. The van der Waals surface area contributed by atoms with Crippen LogP contribution in [0.2, 0.25) is 0 Å².